The molecule has 2 N–H and O–H groups in total. The minimum Gasteiger partial charge on any atom is -0.357 e. The summed E-state index contributed by atoms with van der Waals surface area (Å²) in [4.78, 5) is 4.72. The fraction of sp³-hybridized carbons (Fsp3) is 0.588. The summed E-state index contributed by atoms with van der Waals surface area (Å²) in [5.74, 6) is 1.75. The van der Waals surface area contributed by atoms with Crippen LogP contribution in [0.1, 0.15) is 43.4 Å². The average molecular weight is 271 g/mol. The van der Waals surface area contributed by atoms with Gasteiger partial charge in [0.2, 0.25) is 0 Å². The van der Waals surface area contributed by atoms with Crippen molar-refractivity contribution in [3.8, 4) is 0 Å². The van der Waals surface area contributed by atoms with Crippen molar-refractivity contribution in [2.24, 2.45) is 10.9 Å². The fourth-order valence-corrected chi connectivity index (χ4v) is 2.91. The number of aryl methyl sites for hydroxylation is 2. The second kappa shape index (κ2) is 5.86. The summed E-state index contributed by atoms with van der Waals surface area (Å²) >= 11 is 0. The molecule has 20 heavy (non-hydrogen) atoms. The standard InChI is InChI=1S/C17H25N3/c1-3-18-17(20-16-9-12(16)2)19-11-13-7-8-14-5-4-6-15(14)10-13/h7-8,10,12,16H,3-6,9,11H2,1-2H3,(H2,18,19,20). The number of aliphatic imine (C=N–C) groups is 1. The molecule has 1 fully saturated rings. The minimum absolute atomic E-state index is 0.618. The molecule has 0 heterocycles. The van der Waals surface area contributed by atoms with Crippen LogP contribution in [0.3, 0.4) is 0 Å². The van der Waals surface area contributed by atoms with Crippen molar-refractivity contribution in [3.05, 3.63) is 34.9 Å². The lowest BCUT2D eigenvalue weighted by atomic mass is 10.1. The lowest BCUT2D eigenvalue weighted by molar-refractivity contribution is 0.766. The van der Waals surface area contributed by atoms with Gasteiger partial charge in [0, 0.05) is 12.6 Å². The van der Waals surface area contributed by atoms with Crippen molar-refractivity contribution in [2.45, 2.75) is 52.1 Å². The van der Waals surface area contributed by atoms with Crippen LogP contribution in [0, 0.1) is 5.92 Å². The molecule has 1 aromatic carbocycles. The summed E-state index contributed by atoms with van der Waals surface area (Å²) in [6.07, 6.45) is 5.07. The Morgan fingerprint density at radius 1 is 1.30 bits per heavy atom. The lowest BCUT2D eigenvalue weighted by Gasteiger charge is -2.11. The molecule has 2 atom stereocenters. The molecule has 0 radical (unpaired) electrons. The molecule has 2 aliphatic carbocycles. The van der Waals surface area contributed by atoms with E-state index in [0.29, 0.717) is 6.04 Å². The number of rotatable bonds is 4. The SMILES string of the molecule is CCNC(=NCc1ccc2c(c1)CCC2)NC1CC1C. The number of nitrogens with zero attached hydrogens (tertiary/aromatic N) is 1. The molecule has 3 nitrogen and oxygen atoms in total. The van der Waals surface area contributed by atoms with E-state index in [0.717, 1.165) is 25.0 Å². The Hall–Kier alpha value is -1.51. The third kappa shape index (κ3) is 3.14. The summed E-state index contributed by atoms with van der Waals surface area (Å²) in [6.45, 7) is 6.07. The Labute approximate surface area is 121 Å². The van der Waals surface area contributed by atoms with Gasteiger partial charge in [-0.25, -0.2) is 4.99 Å². The van der Waals surface area contributed by atoms with Gasteiger partial charge in [0.25, 0.3) is 0 Å². The van der Waals surface area contributed by atoms with E-state index in [9.17, 15) is 0 Å². The first kappa shape index (κ1) is 13.5. The van der Waals surface area contributed by atoms with E-state index in [4.69, 9.17) is 4.99 Å². The van der Waals surface area contributed by atoms with Crippen molar-refractivity contribution in [1.82, 2.24) is 10.6 Å². The third-order valence-electron chi connectivity index (χ3n) is 4.36. The van der Waals surface area contributed by atoms with E-state index in [-0.39, 0.29) is 0 Å². The maximum absolute atomic E-state index is 4.72. The van der Waals surface area contributed by atoms with E-state index < -0.39 is 0 Å². The largest absolute Gasteiger partial charge is 0.357 e. The second-order valence-corrected chi connectivity index (χ2v) is 6.12. The molecule has 0 aliphatic heterocycles. The van der Waals surface area contributed by atoms with Gasteiger partial charge in [-0.05, 0) is 55.2 Å². The van der Waals surface area contributed by atoms with Gasteiger partial charge in [0.05, 0.1) is 6.54 Å². The summed E-state index contributed by atoms with van der Waals surface area (Å²) in [7, 11) is 0. The van der Waals surface area contributed by atoms with Gasteiger partial charge in [0.1, 0.15) is 0 Å². The molecule has 0 amide bonds. The zero-order chi connectivity index (χ0) is 13.9. The molecule has 2 aliphatic rings. The Morgan fingerprint density at radius 2 is 2.10 bits per heavy atom. The predicted molar refractivity (Wildman–Crippen MR) is 84.0 cm³/mol. The Morgan fingerprint density at radius 3 is 2.85 bits per heavy atom. The summed E-state index contributed by atoms with van der Waals surface area (Å²) in [5.41, 5.74) is 4.40. The Balaban J connectivity index is 1.64. The smallest absolute Gasteiger partial charge is 0.191 e. The van der Waals surface area contributed by atoms with Crippen LogP contribution in [-0.2, 0) is 19.4 Å². The molecular formula is C17H25N3. The predicted octanol–water partition coefficient (Wildman–Crippen LogP) is 2.64. The highest BCUT2D eigenvalue weighted by atomic mass is 15.2. The number of fused-ring (bicyclic) bond motifs is 1. The molecule has 3 rings (SSSR count). The number of benzene rings is 1. The van der Waals surface area contributed by atoms with Crippen LogP contribution in [0.25, 0.3) is 0 Å². The molecule has 3 heteroatoms. The molecular weight excluding hydrogens is 246 g/mol. The molecule has 1 aromatic rings. The highest BCUT2D eigenvalue weighted by Gasteiger charge is 2.33. The summed E-state index contributed by atoms with van der Waals surface area (Å²) in [6, 6.07) is 7.48. The first-order valence-electron chi connectivity index (χ1n) is 7.92. The molecule has 0 aromatic heterocycles. The highest BCUT2D eigenvalue weighted by molar-refractivity contribution is 5.80. The first-order chi connectivity index (χ1) is 9.76. The third-order valence-corrected chi connectivity index (χ3v) is 4.36. The molecule has 1 saturated carbocycles. The van der Waals surface area contributed by atoms with E-state index in [1.165, 1.54) is 42.4 Å². The second-order valence-electron chi connectivity index (χ2n) is 6.12. The molecule has 0 spiro atoms. The van der Waals surface area contributed by atoms with Gasteiger partial charge < -0.3 is 10.6 Å². The van der Waals surface area contributed by atoms with Crippen LogP contribution in [0.5, 0.6) is 0 Å². The minimum atomic E-state index is 0.618. The number of guanidine groups is 1. The van der Waals surface area contributed by atoms with Gasteiger partial charge in [-0.15, -0.1) is 0 Å². The Bertz CT molecular complexity index is 507. The van der Waals surface area contributed by atoms with Gasteiger partial charge in [-0.3, -0.25) is 0 Å². The monoisotopic (exact) mass is 271 g/mol. The average Bonchev–Trinajstić information content (AvgIpc) is 2.95. The van der Waals surface area contributed by atoms with Crippen LogP contribution in [0.2, 0.25) is 0 Å². The van der Waals surface area contributed by atoms with Crippen LogP contribution in [0.4, 0.5) is 0 Å². The van der Waals surface area contributed by atoms with E-state index in [1.54, 1.807) is 0 Å². The molecule has 0 saturated heterocycles. The van der Waals surface area contributed by atoms with Gasteiger partial charge in [0.15, 0.2) is 5.96 Å². The maximum Gasteiger partial charge on any atom is 0.191 e. The highest BCUT2D eigenvalue weighted by Crippen LogP contribution is 2.28. The zero-order valence-electron chi connectivity index (χ0n) is 12.6. The van der Waals surface area contributed by atoms with Gasteiger partial charge in [-0.1, -0.05) is 25.1 Å². The summed E-state index contributed by atoms with van der Waals surface area (Å²) < 4.78 is 0. The van der Waals surface area contributed by atoms with Crippen LogP contribution >= 0.6 is 0 Å². The number of nitrogens with one attached hydrogen (secondary N) is 2. The van der Waals surface area contributed by atoms with Gasteiger partial charge >= 0.3 is 0 Å². The molecule has 0 bridgehead atoms. The van der Waals surface area contributed by atoms with Crippen LogP contribution in [0.15, 0.2) is 23.2 Å². The van der Waals surface area contributed by atoms with Crippen LogP contribution in [-0.4, -0.2) is 18.5 Å². The lowest BCUT2D eigenvalue weighted by Crippen LogP contribution is -2.39. The fourth-order valence-electron chi connectivity index (χ4n) is 2.91. The normalized spacial score (nSPS) is 24.4. The summed E-state index contributed by atoms with van der Waals surface area (Å²) in [5, 5.41) is 6.84. The quantitative estimate of drug-likeness (QED) is 0.652. The topological polar surface area (TPSA) is 36.4 Å². The zero-order valence-corrected chi connectivity index (χ0v) is 12.6. The van der Waals surface area contributed by atoms with Crippen molar-refractivity contribution < 1.29 is 0 Å². The van der Waals surface area contributed by atoms with Crippen molar-refractivity contribution >= 4 is 5.96 Å². The first-order valence-corrected chi connectivity index (χ1v) is 7.92. The van der Waals surface area contributed by atoms with Crippen molar-refractivity contribution in [1.29, 1.82) is 0 Å². The number of hydrogen-bond donors (Lipinski definition) is 2. The van der Waals surface area contributed by atoms with Crippen molar-refractivity contribution in [3.63, 3.8) is 0 Å². The molecule has 2 unspecified atom stereocenters. The van der Waals surface area contributed by atoms with E-state index in [2.05, 4.69) is 42.7 Å². The Kier molecular flexibility index (Phi) is 3.95. The number of hydrogen-bond acceptors (Lipinski definition) is 1. The maximum atomic E-state index is 4.72. The van der Waals surface area contributed by atoms with Crippen LogP contribution < -0.4 is 10.6 Å². The van der Waals surface area contributed by atoms with Crippen molar-refractivity contribution in [2.75, 3.05) is 6.54 Å². The van der Waals surface area contributed by atoms with E-state index >= 15 is 0 Å². The van der Waals surface area contributed by atoms with Gasteiger partial charge in [-0.2, -0.15) is 0 Å². The molecule has 108 valence electrons. The van der Waals surface area contributed by atoms with E-state index in [1.807, 2.05) is 0 Å².